The van der Waals surface area contributed by atoms with Crippen LogP contribution in [0.2, 0.25) is 5.02 Å². The number of aromatic nitrogens is 1. The maximum atomic E-state index is 5.91. The third-order valence-electron chi connectivity index (χ3n) is 4.43. The Morgan fingerprint density at radius 3 is 2.39 bits per heavy atom. The lowest BCUT2D eigenvalue weighted by Gasteiger charge is -2.22. The van der Waals surface area contributed by atoms with Crippen molar-refractivity contribution >= 4 is 11.6 Å². The van der Waals surface area contributed by atoms with E-state index in [4.69, 9.17) is 11.6 Å². The summed E-state index contributed by atoms with van der Waals surface area (Å²) >= 11 is 5.91. The molecule has 3 rings (SSSR count). The Morgan fingerprint density at radius 1 is 1.04 bits per heavy atom. The average molecular weight is 322 g/mol. The highest BCUT2D eigenvalue weighted by Gasteiger charge is 2.17. The molecule has 0 amide bonds. The quantitative estimate of drug-likeness (QED) is 0.507. The summed E-state index contributed by atoms with van der Waals surface area (Å²) in [6.45, 7) is 3.89. The van der Waals surface area contributed by atoms with Crippen LogP contribution >= 0.6 is 11.6 Å². The van der Waals surface area contributed by atoms with Gasteiger partial charge in [-0.15, -0.1) is 6.58 Å². The first-order valence-electron chi connectivity index (χ1n) is 8.10. The standard InChI is InChI=1S/C21H20ClN/c1-2-16-3-5-17(6-4-16)7-8-18-9-14-21(23-15-18)19-10-12-20(22)13-11-19/h2,9-17H,1,3-6H2. The molecule has 0 atom stereocenters. The largest absolute Gasteiger partial charge is 0.255 e. The molecule has 116 valence electrons. The Bertz CT molecular complexity index is 711. The molecule has 1 nitrogen and oxygen atoms in total. The fourth-order valence-electron chi connectivity index (χ4n) is 2.94. The van der Waals surface area contributed by atoms with E-state index in [0.29, 0.717) is 11.8 Å². The number of hydrogen-bond acceptors (Lipinski definition) is 1. The van der Waals surface area contributed by atoms with Crippen LogP contribution in [-0.2, 0) is 0 Å². The summed E-state index contributed by atoms with van der Waals surface area (Å²) < 4.78 is 0. The Kier molecular flexibility index (Phi) is 5.16. The van der Waals surface area contributed by atoms with Crippen molar-refractivity contribution in [1.29, 1.82) is 0 Å². The van der Waals surface area contributed by atoms with Crippen LogP contribution in [-0.4, -0.2) is 4.98 Å². The molecule has 1 fully saturated rings. The molecule has 0 spiro atoms. The van der Waals surface area contributed by atoms with Crippen LogP contribution in [0.4, 0.5) is 0 Å². The zero-order chi connectivity index (χ0) is 16.1. The maximum Gasteiger partial charge on any atom is 0.0702 e. The average Bonchev–Trinajstić information content (AvgIpc) is 2.61. The van der Waals surface area contributed by atoms with E-state index >= 15 is 0 Å². The molecule has 0 unspecified atom stereocenters. The van der Waals surface area contributed by atoms with E-state index in [1.165, 1.54) is 25.7 Å². The lowest BCUT2D eigenvalue weighted by Crippen LogP contribution is -2.11. The van der Waals surface area contributed by atoms with Gasteiger partial charge in [0, 0.05) is 28.3 Å². The number of halogens is 1. The molecule has 1 aliphatic rings. The van der Waals surface area contributed by atoms with Crippen molar-refractivity contribution in [1.82, 2.24) is 4.98 Å². The molecular formula is C21H20ClN. The summed E-state index contributed by atoms with van der Waals surface area (Å²) in [5.74, 6) is 7.89. The Labute approximate surface area is 143 Å². The summed E-state index contributed by atoms with van der Waals surface area (Å²) in [6.07, 6.45) is 8.74. The molecule has 23 heavy (non-hydrogen) atoms. The van der Waals surface area contributed by atoms with Crippen LogP contribution in [0.15, 0.2) is 55.3 Å². The molecule has 0 radical (unpaired) electrons. The van der Waals surface area contributed by atoms with Crippen molar-refractivity contribution < 1.29 is 0 Å². The van der Waals surface area contributed by atoms with E-state index in [-0.39, 0.29) is 0 Å². The normalized spacial score (nSPS) is 20.4. The molecular weight excluding hydrogens is 302 g/mol. The van der Waals surface area contributed by atoms with E-state index in [1.807, 2.05) is 42.6 Å². The predicted octanol–water partition coefficient (Wildman–Crippen LogP) is 5.75. The smallest absolute Gasteiger partial charge is 0.0702 e. The topological polar surface area (TPSA) is 12.9 Å². The highest BCUT2D eigenvalue weighted by atomic mass is 35.5. The highest BCUT2D eigenvalue weighted by Crippen LogP contribution is 2.28. The molecule has 1 aliphatic carbocycles. The predicted molar refractivity (Wildman–Crippen MR) is 97.2 cm³/mol. The first kappa shape index (κ1) is 15.8. The Hall–Kier alpha value is -2.04. The first-order valence-corrected chi connectivity index (χ1v) is 8.48. The molecule has 0 bridgehead atoms. The Morgan fingerprint density at radius 2 is 1.78 bits per heavy atom. The second-order valence-corrected chi connectivity index (χ2v) is 6.49. The number of allylic oxidation sites excluding steroid dienone is 1. The van der Waals surface area contributed by atoms with Crippen molar-refractivity contribution in [2.24, 2.45) is 11.8 Å². The van der Waals surface area contributed by atoms with E-state index in [9.17, 15) is 0 Å². The highest BCUT2D eigenvalue weighted by molar-refractivity contribution is 6.30. The lowest BCUT2D eigenvalue weighted by atomic mass is 9.82. The van der Waals surface area contributed by atoms with E-state index < -0.39 is 0 Å². The monoisotopic (exact) mass is 321 g/mol. The van der Waals surface area contributed by atoms with Gasteiger partial charge >= 0.3 is 0 Å². The summed E-state index contributed by atoms with van der Waals surface area (Å²) in [6, 6.07) is 11.8. The number of rotatable bonds is 2. The SMILES string of the molecule is C=CC1CCC(C#Cc2ccc(-c3ccc(Cl)cc3)nc2)CC1. The minimum absolute atomic E-state index is 0.516. The third-order valence-corrected chi connectivity index (χ3v) is 4.68. The molecule has 1 aromatic carbocycles. The van der Waals surface area contributed by atoms with E-state index in [1.54, 1.807) is 0 Å². The minimum Gasteiger partial charge on any atom is -0.255 e. The van der Waals surface area contributed by atoms with Crippen LogP contribution < -0.4 is 0 Å². The number of hydrogen-bond donors (Lipinski definition) is 0. The fraction of sp³-hybridized carbons (Fsp3) is 0.286. The zero-order valence-corrected chi connectivity index (χ0v) is 13.9. The summed E-state index contributed by atoms with van der Waals surface area (Å²) in [5, 5.41) is 0.738. The van der Waals surface area contributed by atoms with Crippen LogP contribution in [0.3, 0.4) is 0 Å². The summed E-state index contributed by atoms with van der Waals surface area (Å²) in [7, 11) is 0. The van der Waals surface area contributed by atoms with Gasteiger partial charge in [0.2, 0.25) is 0 Å². The molecule has 2 heteroatoms. The van der Waals surface area contributed by atoms with Gasteiger partial charge in [0.1, 0.15) is 0 Å². The molecule has 0 saturated heterocycles. The molecule has 2 aromatic rings. The number of pyridine rings is 1. The number of benzene rings is 1. The molecule has 1 aromatic heterocycles. The lowest BCUT2D eigenvalue weighted by molar-refractivity contribution is 0.365. The van der Waals surface area contributed by atoms with Gasteiger partial charge in [-0.3, -0.25) is 4.98 Å². The van der Waals surface area contributed by atoms with Crippen LogP contribution in [0, 0.1) is 23.7 Å². The van der Waals surface area contributed by atoms with Crippen LogP contribution in [0.25, 0.3) is 11.3 Å². The summed E-state index contributed by atoms with van der Waals surface area (Å²) in [4.78, 5) is 4.51. The van der Waals surface area contributed by atoms with Gasteiger partial charge < -0.3 is 0 Å². The van der Waals surface area contributed by atoms with Gasteiger partial charge in [-0.05, 0) is 55.9 Å². The minimum atomic E-state index is 0.516. The van der Waals surface area contributed by atoms with Crippen molar-refractivity contribution in [3.05, 3.63) is 65.8 Å². The van der Waals surface area contributed by atoms with Crippen molar-refractivity contribution in [3.8, 4) is 23.1 Å². The molecule has 0 N–H and O–H groups in total. The molecule has 0 aliphatic heterocycles. The summed E-state index contributed by atoms with van der Waals surface area (Å²) in [5.41, 5.74) is 2.99. The van der Waals surface area contributed by atoms with Crippen molar-refractivity contribution in [2.45, 2.75) is 25.7 Å². The number of nitrogens with zero attached hydrogens (tertiary/aromatic N) is 1. The van der Waals surface area contributed by atoms with Gasteiger partial charge in [0.05, 0.1) is 5.69 Å². The van der Waals surface area contributed by atoms with Gasteiger partial charge in [0.25, 0.3) is 0 Å². The van der Waals surface area contributed by atoms with Gasteiger partial charge in [-0.25, -0.2) is 0 Å². The van der Waals surface area contributed by atoms with Crippen molar-refractivity contribution in [2.75, 3.05) is 0 Å². The van der Waals surface area contributed by atoms with Gasteiger partial charge in [-0.1, -0.05) is 41.7 Å². The van der Waals surface area contributed by atoms with Gasteiger partial charge in [0.15, 0.2) is 0 Å². The maximum absolute atomic E-state index is 5.91. The molecule has 1 saturated carbocycles. The molecule has 1 heterocycles. The second-order valence-electron chi connectivity index (χ2n) is 6.06. The third kappa shape index (κ3) is 4.24. The first-order chi connectivity index (χ1) is 11.2. The zero-order valence-electron chi connectivity index (χ0n) is 13.1. The Balaban J connectivity index is 1.65. The van der Waals surface area contributed by atoms with Crippen molar-refractivity contribution in [3.63, 3.8) is 0 Å². The van der Waals surface area contributed by atoms with Crippen LogP contribution in [0.1, 0.15) is 31.2 Å². The fourth-order valence-corrected chi connectivity index (χ4v) is 3.07. The second kappa shape index (κ2) is 7.49. The van der Waals surface area contributed by atoms with Crippen LogP contribution in [0.5, 0.6) is 0 Å². The van der Waals surface area contributed by atoms with E-state index in [2.05, 4.69) is 29.5 Å². The van der Waals surface area contributed by atoms with Gasteiger partial charge in [-0.2, -0.15) is 0 Å². The van der Waals surface area contributed by atoms with E-state index in [0.717, 1.165) is 21.8 Å².